The van der Waals surface area contributed by atoms with Crippen molar-refractivity contribution in [2.45, 2.75) is 64.5 Å². The predicted molar refractivity (Wildman–Crippen MR) is 147 cm³/mol. The number of carbonyl (C=O) groups excluding carboxylic acids is 2. The number of hydrogen-bond acceptors (Lipinski definition) is 3. The minimum Gasteiger partial charge on any atom is -0.481 e. The van der Waals surface area contributed by atoms with Gasteiger partial charge >= 0.3 is 0 Å². The van der Waals surface area contributed by atoms with Crippen LogP contribution in [0, 0.1) is 18.7 Å². The van der Waals surface area contributed by atoms with Gasteiger partial charge in [-0.05, 0) is 85.7 Å². The second-order valence-electron chi connectivity index (χ2n) is 10.4. The molecular formula is C32H35FN2O3. The van der Waals surface area contributed by atoms with Crippen molar-refractivity contribution in [3.63, 3.8) is 0 Å². The Balaban J connectivity index is 1.42. The van der Waals surface area contributed by atoms with Gasteiger partial charge in [0.05, 0.1) is 6.04 Å². The maximum Gasteiger partial charge on any atom is 0.265 e. The Kier molecular flexibility index (Phi) is 7.77. The highest BCUT2D eigenvalue weighted by Gasteiger charge is 2.36. The van der Waals surface area contributed by atoms with Gasteiger partial charge in [-0.25, -0.2) is 4.39 Å². The van der Waals surface area contributed by atoms with Crippen molar-refractivity contribution in [1.82, 2.24) is 4.90 Å². The van der Waals surface area contributed by atoms with Gasteiger partial charge in [0.1, 0.15) is 11.6 Å². The lowest BCUT2D eigenvalue weighted by Gasteiger charge is -2.39. The summed E-state index contributed by atoms with van der Waals surface area (Å²) in [5.41, 5.74) is 4.84. The number of rotatable bonds is 7. The third kappa shape index (κ3) is 5.59. The standard InChI is InChI=1S/C32H35FN2O3/c1-3-29(31(36)34-26-15-8-21(2)9-16-26)38-27-17-12-22-18-19-35(32(37)24-6-4-5-7-24)30(28(22)20-27)23-10-13-25(33)14-11-23/h8-17,20,24,29-30H,3-7,18-19H2,1-2H3,(H,34,36)/t29-,30+/m0/s1. The predicted octanol–water partition coefficient (Wildman–Crippen LogP) is 6.59. The first-order valence-electron chi connectivity index (χ1n) is 13.7. The average molecular weight is 515 g/mol. The molecule has 0 aromatic heterocycles. The summed E-state index contributed by atoms with van der Waals surface area (Å²) in [6.45, 7) is 4.55. The van der Waals surface area contributed by atoms with Crippen LogP contribution in [-0.2, 0) is 16.0 Å². The van der Waals surface area contributed by atoms with Crippen LogP contribution in [0.4, 0.5) is 10.1 Å². The molecule has 0 unspecified atom stereocenters. The molecular weight excluding hydrogens is 479 g/mol. The maximum absolute atomic E-state index is 13.8. The van der Waals surface area contributed by atoms with E-state index in [4.69, 9.17) is 4.74 Å². The van der Waals surface area contributed by atoms with Crippen LogP contribution in [0.3, 0.4) is 0 Å². The molecule has 1 saturated carbocycles. The van der Waals surface area contributed by atoms with Gasteiger partial charge in [-0.3, -0.25) is 9.59 Å². The molecule has 0 saturated heterocycles. The number of aryl methyl sites for hydroxylation is 1. The zero-order valence-electron chi connectivity index (χ0n) is 22.1. The molecule has 1 aliphatic heterocycles. The van der Waals surface area contributed by atoms with Gasteiger partial charge in [0.2, 0.25) is 5.91 Å². The molecule has 5 nitrogen and oxygen atoms in total. The second kappa shape index (κ2) is 11.4. The Morgan fingerprint density at radius 2 is 1.74 bits per heavy atom. The van der Waals surface area contributed by atoms with E-state index < -0.39 is 6.10 Å². The fraction of sp³-hybridized carbons (Fsp3) is 0.375. The number of benzene rings is 3. The van der Waals surface area contributed by atoms with E-state index in [0.29, 0.717) is 18.7 Å². The van der Waals surface area contributed by atoms with Crippen molar-refractivity contribution in [1.29, 1.82) is 0 Å². The molecule has 5 rings (SSSR count). The fourth-order valence-electron chi connectivity index (χ4n) is 5.66. The summed E-state index contributed by atoms with van der Waals surface area (Å²) in [6.07, 6.45) is 4.61. The van der Waals surface area contributed by atoms with E-state index in [1.54, 1.807) is 12.1 Å². The lowest BCUT2D eigenvalue weighted by atomic mass is 9.87. The van der Waals surface area contributed by atoms with Crippen molar-refractivity contribution in [3.8, 4) is 5.75 Å². The van der Waals surface area contributed by atoms with E-state index >= 15 is 0 Å². The molecule has 2 atom stereocenters. The molecule has 1 N–H and O–H groups in total. The van der Waals surface area contributed by atoms with E-state index in [-0.39, 0.29) is 29.6 Å². The number of nitrogens with one attached hydrogen (secondary N) is 1. The normalized spacial score (nSPS) is 18.1. The van der Waals surface area contributed by atoms with Crippen LogP contribution in [0.1, 0.15) is 67.3 Å². The lowest BCUT2D eigenvalue weighted by molar-refractivity contribution is -0.137. The molecule has 2 aliphatic rings. The minimum absolute atomic E-state index is 0.0499. The van der Waals surface area contributed by atoms with Crippen LogP contribution in [0.5, 0.6) is 5.75 Å². The van der Waals surface area contributed by atoms with Crippen LogP contribution in [0.15, 0.2) is 66.7 Å². The first kappa shape index (κ1) is 26.0. The van der Waals surface area contributed by atoms with Gasteiger partial charge in [-0.15, -0.1) is 0 Å². The summed E-state index contributed by atoms with van der Waals surface area (Å²) in [6, 6.07) is 19.7. The van der Waals surface area contributed by atoms with Gasteiger partial charge in [0.25, 0.3) is 5.91 Å². The van der Waals surface area contributed by atoms with Gasteiger partial charge in [0.15, 0.2) is 6.10 Å². The lowest BCUT2D eigenvalue weighted by Crippen LogP contribution is -2.43. The van der Waals surface area contributed by atoms with Crippen molar-refractivity contribution in [2.75, 3.05) is 11.9 Å². The molecule has 3 aromatic carbocycles. The summed E-state index contributed by atoms with van der Waals surface area (Å²) in [4.78, 5) is 28.6. The third-order valence-corrected chi connectivity index (χ3v) is 7.78. The molecule has 1 heterocycles. The highest BCUT2D eigenvalue weighted by atomic mass is 19.1. The SMILES string of the molecule is CC[C@H](Oc1ccc2c(c1)[C@@H](c1ccc(F)cc1)N(C(=O)C1CCCC1)CC2)C(=O)Nc1ccc(C)cc1. The molecule has 1 fully saturated rings. The highest BCUT2D eigenvalue weighted by molar-refractivity contribution is 5.94. The number of carbonyl (C=O) groups is 2. The largest absolute Gasteiger partial charge is 0.481 e. The van der Waals surface area contributed by atoms with Crippen molar-refractivity contribution < 1.29 is 18.7 Å². The van der Waals surface area contributed by atoms with Crippen LogP contribution in [-0.4, -0.2) is 29.4 Å². The number of halogens is 1. The first-order chi connectivity index (χ1) is 18.4. The summed E-state index contributed by atoms with van der Waals surface area (Å²) in [5, 5.41) is 2.94. The van der Waals surface area contributed by atoms with E-state index in [1.807, 2.05) is 61.2 Å². The minimum atomic E-state index is -0.668. The van der Waals surface area contributed by atoms with Gasteiger partial charge in [-0.1, -0.05) is 55.7 Å². The summed E-state index contributed by atoms with van der Waals surface area (Å²) in [7, 11) is 0. The number of ether oxygens (including phenoxy) is 1. The van der Waals surface area contributed by atoms with Crippen LogP contribution in [0.25, 0.3) is 0 Å². The Morgan fingerprint density at radius 3 is 2.42 bits per heavy atom. The number of fused-ring (bicyclic) bond motifs is 1. The molecule has 0 radical (unpaired) electrons. The first-order valence-corrected chi connectivity index (χ1v) is 13.7. The van der Waals surface area contributed by atoms with E-state index in [2.05, 4.69) is 5.32 Å². The molecule has 2 amide bonds. The molecule has 1 aliphatic carbocycles. The Morgan fingerprint density at radius 1 is 1.03 bits per heavy atom. The summed E-state index contributed by atoms with van der Waals surface area (Å²) in [5.74, 6) is 0.298. The Hall–Kier alpha value is -3.67. The molecule has 6 heteroatoms. The number of anilines is 1. The molecule has 198 valence electrons. The number of nitrogens with zero attached hydrogens (tertiary/aromatic N) is 1. The monoisotopic (exact) mass is 514 g/mol. The molecule has 0 spiro atoms. The van der Waals surface area contributed by atoms with E-state index in [0.717, 1.165) is 60.0 Å². The topological polar surface area (TPSA) is 58.6 Å². The quantitative estimate of drug-likeness (QED) is 0.387. The van der Waals surface area contributed by atoms with Gasteiger partial charge in [0, 0.05) is 18.2 Å². The summed E-state index contributed by atoms with van der Waals surface area (Å²) >= 11 is 0. The van der Waals surface area contributed by atoms with Crippen LogP contribution < -0.4 is 10.1 Å². The number of hydrogen-bond donors (Lipinski definition) is 1. The van der Waals surface area contributed by atoms with Gasteiger partial charge < -0.3 is 15.0 Å². The zero-order valence-corrected chi connectivity index (χ0v) is 22.1. The maximum atomic E-state index is 13.8. The third-order valence-electron chi connectivity index (χ3n) is 7.78. The molecule has 0 bridgehead atoms. The average Bonchev–Trinajstić information content (AvgIpc) is 3.47. The Bertz CT molecular complexity index is 1280. The van der Waals surface area contributed by atoms with Crippen molar-refractivity contribution in [3.05, 3.63) is 94.8 Å². The van der Waals surface area contributed by atoms with Crippen molar-refractivity contribution >= 4 is 17.5 Å². The van der Waals surface area contributed by atoms with Gasteiger partial charge in [-0.2, -0.15) is 0 Å². The summed E-state index contributed by atoms with van der Waals surface area (Å²) < 4.78 is 20.0. The van der Waals surface area contributed by atoms with E-state index in [1.165, 1.54) is 12.1 Å². The molecule has 38 heavy (non-hydrogen) atoms. The smallest absolute Gasteiger partial charge is 0.265 e. The molecule has 3 aromatic rings. The highest BCUT2D eigenvalue weighted by Crippen LogP contribution is 2.40. The van der Waals surface area contributed by atoms with Crippen LogP contribution >= 0.6 is 0 Å². The zero-order chi connectivity index (χ0) is 26.6. The van der Waals surface area contributed by atoms with E-state index in [9.17, 15) is 14.0 Å². The second-order valence-corrected chi connectivity index (χ2v) is 10.4. The van der Waals surface area contributed by atoms with Crippen molar-refractivity contribution in [2.24, 2.45) is 5.92 Å². The number of amides is 2. The van der Waals surface area contributed by atoms with Crippen LogP contribution in [0.2, 0.25) is 0 Å². The fourth-order valence-corrected chi connectivity index (χ4v) is 5.66. The Labute approximate surface area is 224 Å².